The van der Waals surface area contributed by atoms with Gasteiger partial charge in [0.25, 0.3) is 11.8 Å². The van der Waals surface area contributed by atoms with Crippen LogP contribution < -0.4 is 10.7 Å². The van der Waals surface area contributed by atoms with Gasteiger partial charge in [0.15, 0.2) is 0 Å². The Kier molecular flexibility index (Phi) is 9.22. The van der Waals surface area contributed by atoms with E-state index in [1.54, 1.807) is 9.91 Å². The molecule has 3 rings (SSSR count). The highest BCUT2D eigenvalue weighted by Crippen LogP contribution is 2.23. The summed E-state index contributed by atoms with van der Waals surface area (Å²) in [5.74, 6) is -1.23. The smallest absolute Gasteiger partial charge is 0.257 e. The Morgan fingerprint density at radius 1 is 1.09 bits per heavy atom. The number of likely N-dealkylation sites (N-methyl/N-ethyl adjacent to an activating group) is 1. The van der Waals surface area contributed by atoms with Crippen LogP contribution in [0.5, 0.6) is 5.75 Å². The van der Waals surface area contributed by atoms with Crippen molar-refractivity contribution in [2.75, 3.05) is 26.2 Å². The van der Waals surface area contributed by atoms with Gasteiger partial charge >= 0.3 is 0 Å². The molecule has 2 aromatic rings. The lowest BCUT2D eigenvalue weighted by Gasteiger charge is -2.29. The van der Waals surface area contributed by atoms with Crippen LogP contribution in [0.2, 0.25) is 0 Å². The number of hydrogen-bond acceptors (Lipinski definition) is 6. The Morgan fingerprint density at radius 3 is 2.37 bits per heavy atom. The lowest BCUT2D eigenvalue weighted by Crippen LogP contribution is -2.53. The van der Waals surface area contributed by atoms with Crippen molar-refractivity contribution in [1.82, 2.24) is 20.7 Å². The first-order valence-electron chi connectivity index (χ1n) is 12.0. The minimum atomic E-state index is -0.990. The molecule has 4 N–H and O–H groups in total. The number of aliphatic hydroxyl groups excluding tert-OH is 1. The molecule has 0 aromatic heterocycles. The zero-order chi connectivity index (χ0) is 25.4. The second kappa shape index (κ2) is 12.3. The van der Waals surface area contributed by atoms with Crippen molar-refractivity contribution in [1.29, 1.82) is 0 Å². The first-order valence-corrected chi connectivity index (χ1v) is 12.0. The van der Waals surface area contributed by atoms with E-state index in [0.29, 0.717) is 26.1 Å². The fourth-order valence-corrected chi connectivity index (χ4v) is 4.18. The highest BCUT2D eigenvalue weighted by Gasteiger charge is 2.26. The molecule has 2 unspecified atom stereocenters. The number of likely N-dealkylation sites (tertiary alicyclic amines) is 1. The van der Waals surface area contributed by atoms with Crippen molar-refractivity contribution in [3.8, 4) is 5.75 Å². The van der Waals surface area contributed by atoms with Crippen LogP contribution in [0.4, 0.5) is 0 Å². The SMILES string of the molecule is CCN(CC(O)C(Cc1ccccc1)NC(=O)c1ccc(C(=O)N2CCCC2)c(O)c1)NC(C)=O. The number of phenolic OH excluding ortho intramolecular Hbond substituents is 1. The van der Waals surface area contributed by atoms with Crippen molar-refractivity contribution >= 4 is 17.7 Å². The Morgan fingerprint density at radius 2 is 1.77 bits per heavy atom. The quantitative estimate of drug-likeness (QED) is 0.383. The van der Waals surface area contributed by atoms with Gasteiger partial charge in [-0.15, -0.1) is 0 Å². The zero-order valence-electron chi connectivity index (χ0n) is 20.2. The number of aliphatic hydroxyl groups is 1. The molecule has 1 saturated heterocycles. The number of phenols is 1. The lowest BCUT2D eigenvalue weighted by atomic mass is 10.00. The second-order valence-corrected chi connectivity index (χ2v) is 8.77. The summed E-state index contributed by atoms with van der Waals surface area (Å²) >= 11 is 0. The monoisotopic (exact) mass is 482 g/mol. The average Bonchev–Trinajstić information content (AvgIpc) is 3.38. The topological polar surface area (TPSA) is 122 Å². The molecule has 1 heterocycles. The van der Waals surface area contributed by atoms with Gasteiger partial charge in [-0.3, -0.25) is 19.8 Å². The van der Waals surface area contributed by atoms with Crippen molar-refractivity contribution in [2.24, 2.45) is 0 Å². The number of aromatic hydroxyl groups is 1. The Balaban J connectivity index is 1.75. The molecule has 2 atom stereocenters. The number of carbonyl (C=O) groups excluding carboxylic acids is 3. The number of nitrogens with zero attached hydrogens (tertiary/aromatic N) is 2. The molecule has 0 aliphatic carbocycles. The number of rotatable bonds is 10. The van der Waals surface area contributed by atoms with Crippen LogP contribution in [-0.2, 0) is 11.2 Å². The van der Waals surface area contributed by atoms with Crippen LogP contribution in [0.25, 0.3) is 0 Å². The summed E-state index contributed by atoms with van der Waals surface area (Å²) in [6, 6.07) is 13.0. The molecule has 3 amide bonds. The summed E-state index contributed by atoms with van der Waals surface area (Å²) in [6.07, 6.45) is 1.25. The molecule has 0 radical (unpaired) electrons. The summed E-state index contributed by atoms with van der Waals surface area (Å²) in [5.41, 5.74) is 3.93. The van der Waals surface area contributed by atoms with Crippen molar-refractivity contribution in [2.45, 2.75) is 45.3 Å². The zero-order valence-corrected chi connectivity index (χ0v) is 20.2. The van der Waals surface area contributed by atoms with Crippen LogP contribution >= 0.6 is 0 Å². The molecule has 1 aliphatic rings. The van der Waals surface area contributed by atoms with Crippen molar-refractivity contribution < 1.29 is 24.6 Å². The first kappa shape index (κ1) is 26.2. The van der Waals surface area contributed by atoms with Crippen LogP contribution in [0, 0.1) is 0 Å². The average molecular weight is 483 g/mol. The summed E-state index contributed by atoms with van der Waals surface area (Å²) in [5, 5.41) is 25.9. The molecular formula is C26H34N4O5. The van der Waals surface area contributed by atoms with Crippen LogP contribution in [0.1, 0.15) is 53.0 Å². The maximum absolute atomic E-state index is 13.1. The van der Waals surface area contributed by atoms with Crippen molar-refractivity contribution in [3.05, 3.63) is 65.2 Å². The third-order valence-corrected chi connectivity index (χ3v) is 6.07. The van der Waals surface area contributed by atoms with E-state index >= 15 is 0 Å². The molecule has 9 heteroatoms. The maximum Gasteiger partial charge on any atom is 0.257 e. The molecule has 9 nitrogen and oxygen atoms in total. The standard InChI is InChI=1S/C26H34N4O5/c1-3-30(28-18(2)31)17-24(33)22(15-19-9-5-4-6-10-19)27-25(34)20-11-12-21(23(32)16-20)26(35)29-13-7-8-14-29/h4-6,9-12,16,22,24,32-33H,3,7-8,13-15,17H2,1-2H3,(H,27,34)(H,28,31). The molecule has 0 saturated carbocycles. The number of benzene rings is 2. The number of amides is 3. The van der Waals surface area contributed by atoms with Gasteiger partial charge in [-0.2, -0.15) is 0 Å². The van der Waals surface area contributed by atoms with Gasteiger partial charge in [0.2, 0.25) is 5.91 Å². The number of nitrogens with one attached hydrogen (secondary N) is 2. The minimum Gasteiger partial charge on any atom is -0.507 e. The molecule has 0 bridgehead atoms. The van der Waals surface area contributed by atoms with E-state index in [9.17, 15) is 24.6 Å². The summed E-state index contributed by atoms with van der Waals surface area (Å²) in [4.78, 5) is 38.8. The van der Waals surface area contributed by atoms with Gasteiger partial charge in [-0.25, -0.2) is 5.01 Å². The Bertz CT molecular complexity index is 1020. The summed E-state index contributed by atoms with van der Waals surface area (Å²) < 4.78 is 0. The third kappa shape index (κ3) is 7.27. The maximum atomic E-state index is 13.1. The molecule has 1 aliphatic heterocycles. The highest BCUT2D eigenvalue weighted by molar-refractivity contribution is 6.00. The van der Waals surface area contributed by atoms with E-state index in [-0.39, 0.29) is 35.2 Å². The molecular weight excluding hydrogens is 448 g/mol. The predicted molar refractivity (Wildman–Crippen MR) is 132 cm³/mol. The predicted octanol–water partition coefficient (Wildman–Crippen LogP) is 1.70. The van der Waals surface area contributed by atoms with E-state index in [1.807, 2.05) is 37.3 Å². The van der Waals surface area contributed by atoms with Gasteiger partial charge in [0, 0.05) is 38.7 Å². The lowest BCUT2D eigenvalue weighted by molar-refractivity contribution is -0.124. The molecule has 1 fully saturated rings. The van der Waals surface area contributed by atoms with Gasteiger partial charge in [0.1, 0.15) is 5.75 Å². The second-order valence-electron chi connectivity index (χ2n) is 8.77. The number of carbonyl (C=O) groups is 3. The van der Waals surface area contributed by atoms with Crippen LogP contribution in [0.15, 0.2) is 48.5 Å². The highest BCUT2D eigenvalue weighted by atomic mass is 16.3. The normalized spacial score (nSPS) is 15.0. The van der Waals surface area contributed by atoms with E-state index < -0.39 is 18.1 Å². The molecule has 35 heavy (non-hydrogen) atoms. The number of hydrazine groups is 1. The fraction of sp³-hybridized carbons (Fsp3) is 0.423. The van der Waals surface area contributed by atoms with Gasteiger partial charge in [-0.1, -0.05) is 37.3 Å². The third-order valence-electron chi connectivity index (χ3n) is 6.07. The Labute approximate surface area is 205 Å². The number of hydrogen-bond donors (Lipinski definition) is 4. The van der Waals surface area contributed by atoms with Crippen LogP contribution in [-0.4, -0.2) is 76.2 Å². The molecule has 0 spiro atoms. The van der Waals surface area contributed by atoms with Gasteiger partial charge < -0.3 is 20.4 Å². The van der Waals surface area contributed by atoms with Crippen LogP contribution in [0.3, 0.4) is 0 Å². The fourth-order valence-electron chi connectivity index (χ4n) is 4.18. The van der Waals surface area contributed by atoms with E-state index in [1.165, 1.54) is 25.1 Å². The van der Waals surface area contributed by atoms with Gasteiger partial charge in [0.05, 0.1) is 17.7 Å². The first-order chi connectivity index (χ1) is 16.8. The van der Waals surface area contributed by atoms with E-state index in [4.69, 9.17) is 0 Å². The van der Waals surface area contributed by atoms with E-state index in [2.05, 4.69) is 10.7 Å². The Hall–Kier alpha value is -3.43. The largest absolute Gasteiger partial charge is 0.507 e. The van der Waals surface area contributed by atoms with E-state index in [0.717, 1.165) is 18.4 Å². The molecule has 2 aromatic carbocycles. The minimum absolute atomic E-state index is 0.113. The summed E-state index contributed by atoms with van der Waals surface area (Å²) in [6.45, 7) is 5.15. The summed E-state index contributed by atoms with van der Waals surface area (Å²) in [7, 11) is 0. The van der Waals surface area contributed by atoms with Crippen molar-refractivity contribution in [3.63, 3.8) is 0 Å². The molecule has 188 valence electrons. The van der Waals surface area contributed by atoms with Gasteiger partial charge in [-0.05, 0) is 43.0 Å².